The van der Waals surface area contributed by atoms with Gasteiger partial charge >= 0.3 is 0 Å². The van der Waals surface area contributed by atoms with E-state index in [2.05, 4.69) is 45.4 Å². The van der Waals surface area contributed by atoms with E-state index in [0.29, 0.717) is 13.2 Å². The lowest BCUT2D eigenvalue weighted by Gasteiger charge is -2.40. The smallest absolute Gasteiger partial charge is 0.252 e. The van der Waals surface area contributed by atoms with E-state index in [1.54, 1.807) is 18.9 Å². The second-order valence-corrected chi connectivity index (χ2v) is 7.68. The SMILES string of the molecule is COc1ccc(NNC(=O)CN2CSC(S)N(c3ccccc3)C2)cc1. The number of anilines is 2. The van der Waals surface area contributed by atoms with Crippen molar-refractivity contribution in [3.8, 4) is 5.75 Å². The fourth-order valence-corrected chi connectivity index (χ4v) is 3.86. The third kappa shape index (κ3) is 5.00. The molecule has 0 spiro atoms. The molecule has 1 heterocycles. The van der Waals surface area contributed by atoms with Gasteiger partial charge in [-0.2, -0.15) is 0 Å². The Morgan fingerprint density at radius 2 is 1.96 bits per heavy atom. The summed E-state index contributed by atoms with van der Waals surface area (Å²) in [5.41, 5.74) is 7.55. The number of hydrogen-bond acceptors (Lipinski definition) is 7. The normalized spacial score (nSPS) is 17.6. The number of thiol groups is 1. The summed E-state index contributed by atoms with van der Waals surface area (Å²) in [6, 6.07) is 17.5. The summed E-state index contributed by atoms with van der Waals surface area (Å²) in [6.07, 6.45) is 0. The Morgan fingerprint density at radius 3 is 2.65 bits per heavy atom. The molecule has 0 radical (unpaired) electrons. The number of hydrazine groups is 1. The summed E-state index contributed by atoms with van der Waals surface area (Å²) < 4.78 is 5.19. The standard InChI is InChI=1S/C18H22N4O2S2/c1-24-16-9-7-14(8-10-16)19-20-17(23)11-21-12-22(18(25)26-13-21)15-5-3-2-4-6-15/h2-10,18-19,25H,11-13H2,1H3,(H,20,23). The number of carbonyl (C=O) groups excluding carboxylic acids is 1. The zero-order valence-electron chi connectivity index (χ0n) is 14.5. The van der Waals surface area contributed by atoms with Crippen LogP contribution in [0.2, 0.25) is 0 Å². The van der Waals surface area contributed by atoms with Crippen molar-refractivity contribution < 1.29 is 9.53 Å². The van der Waals surface area contributed by atoms with Gasteiger partial charge in [-0.1, -0.05) is 18.2 Å². The first-order valence-electron chi connectivity index (χ1n) is 8.18. The number of thioether (sulfide) groups is 1. The van der Waals surface area contributed by atoms with Gasteiger partial charge in [0, 0.05) is 11.6 Å². The van der Waals surface area contributed by atoms with Gasteiger partial charge in [-0.05, 0) is 36.4 Å². The molecule has 138 valence electrons. The largest absolute Gasteiger partial charge is 0.497 e. The van der Waals surface area contributed by atoms with Gasteiger partial charge in [-0.3, -0.25) is 20.5 Å². The van der Waals surface area contributed by atoms with Crippen molar-refractivity contribution in [1.29, 1.82) is 0 Å². The first-order chi connectivity index (χ1) is 12.7. The first-order valence-corrected chi connectivity index (χ1v) is 9.75. The topological polar surface area (TPSA) is 56.8 Å². The van der Waals surface area contributed by atoms with Gasteiger partial charge in [0.05, 0.1) is 26.0 Å². The lowest BCUT2D eigenvalue weighted by atomic mass is 10.3. The van der Waals surface area contributed by atoms with E-state index in [9.17, 15) is 4.79 Å². The maximum absolute atomic E-state index is 12.2. The summed E-state index contributed by atoms with van der Waals surface area (Å²) in [5.74, 6) is 1.44. The molecule has 1 saturated heterocycles. The van der Waals surface area contributed by atoms with E-state index in [0.717, 1.165) is 23.0 Å². The number of ether oxygens (including phenoxy) is 1. The minimum atomic E-state index is -0.0907. The molecule has 1 aliphatic heterocycles. The first kappa shape index (κ1) is 18.8. The highest BCUT2D eigenvalue weighted by Gasteiger charge is 2.26. The van der Waals surface area contributed by atoms with Crippen LogP contribution in [0, 0.1) is 0 Å². The third-order valence-electron chi connectivity index (χ3n) is 3.92. The Hall–Kier alpha value is -2.03. The van der Waals surface area contributed by atoms with Crippen LogP contribution in [0.15, 0.2) is 54.6 Å². The maximum Gasteiger partial charge on any atom is 0.252 e. The molecular weight excluding hydrogens is 368 g/mol. The molecule has 1 fully saturated rings. The fourth-order valence-electron chi connectivity index (χ4n) is 2.57. The van der Waals surface area contributed by atoms with Crippen LogP contribution in [0.5, 0.6) is 5.75 Å². The summed E-state index contributed by atoms with van der Waals surface area (Å²) in [6.45, 7) is 0.959. The maximum atomic E-state index is 12.2. The number of benzene rings is 2. The number of carbonyl (C=O) groups is 1. The molecule has 2 N–H and O–H groups in total. The van der Waals surface area contributed by atoms with E-state index in [1.165, 1.54) is 0 Å². The Kier molecular flexibility index (Phi) is 6.54. The molecule has 1 amide bonds. The Morgan fingerprint density at radius 1 is 1.23 bits per heavy atom. The second kappa shape index (κ2) is 9.07. The summed E-state index contributed by atoms with van der Waals surface area (Å²) >= 11 is 6.33. The average molecular weight is 391 g/mol. The molecule has 1 atom stereocenters. The van der Waals surface area contributed by atoms with Crippen molar-refractivity contribution in [3.63, 3.8) is 0 Å². The number of para-hydroxylation sites is 1. The van der Waals surface area contributed by atoms with Gasteiger partial charge in [0.2, 0.25) is 0 Å². The number of hydrogen-bond donors (Lipinski definition) is 3. The summed E-state index contributed by atoms with van der Waals surface area (Å²) in [5, 5.41) is 0. The van der Waals surface area contributed by atoms with Crippen molar-refractivity contribution in [2.24, 2.45) is 0 Å². The van der Waals surface area contributed by atoms with Crippen LogP contribution in [0.25, 0.3) is 0 Å². The van der Waals surface area contributed by atoms with Crippen molar-refractivity contribution in [1.82, 2.24) is 10.3 Å². The van der Waals surface area contributed by atoms with E-state index >= 15 is 0 Å². The number of amides is 1. The van der Waals surface area contributed by atoms with Crippen molar-refractivity contribution in [3.05, 3.63) is 54.6 Å². The van der Waals surface area contributed by atoms with Crippen LogP contribution >= 0.6 is 24.4 Å². The van der Waals surface area contributed by atoms with Gasteiger partial charge in [-0.25, -0.2) is 0 Å². The van der Waals surface area contributed by atoms with E-state index in [4.69, 9.17) is 4.74 Å². The Labute approximate surface area is 163 Å². The second-order valence-electron chi connectivity index (χ2n) is 5.80. The number of methoxy groups -OCH3 is 1. The molecule has 2 aromatic carbocycles. The summed E-state index contributed by atoms with van der Waals surface area (Å²) in [7, 11) is 1.62. The molecule has 1 aliphatic rings. The van der Waals surface area contributed by atoms with Crippen LogP contribution in [0.1, 0.15) is 0 Å². The lowest BCUT2D eigenvalue weighted by molar-refractivity contribution is -0.121. The molecule has 2 aromatic rings. The van der Waals surface area contributed by atoms with Crippen molar-refractivity contribution >= 4 is 41.7 Å². The zero-order valence-corrected chi connectivity index (χ0v) is 16.2. The Bertz CT molecular complexity index is 715. The quantitative estimate of drug-likeness (QED) is 0.521. The van der Waals surface area contributed by atoms with E-state index < -0.39 is 0 Å². The lowest BCUT2D eigenvalue weighted by Crippen LogP contribution is -2.49. The van der Waals surface area contributed by atoms with Crippen LogP contribution in [0.3, 0.4) is 0 Å². The fraction of sp³-hybridized carbons (Fsp3) is 0.278. The Balaban J connectivity index is 1.50. The van der Waals surface area contributed by atoms with Crippen LogP contribution in [0.4, 0.5) is 11.4 Å². The average Bonchev–Trinajstić information content (AvgIpc) is 2.69. The number of rotatable bonds is 6. The zero-order chi connectivity index (χ0) is 18.4. The van der Waals surface area contributed by atoms with Gasteiger partial charge < -0.3 is 9.64 Å². The molecular formula is C18H22N4O2S2. The highest BCUT2D eigenvalue weighted by molar-refractivity contribution is 8.10. The molecule has 0 saturated carbocycles. The minimum Gasteiger partial charge on any atom is -0.497 e. The molecule has 1 unspecified atom stereocenters. The molecule has 26 heavy (non-hydrogen) atoms. The van der Waals surface area contributed by atoms with E-state index in [-0.39, 0.29) is 10.6 Å². The number of nitrogens with one attached hydrogen (secondary N) is 2. The molecule has 0 aliphatic carbocycles. The van der Waals surface area contributed by atoms with Crippen molar-refractivity contribution in [2.75, 3.05) is 36.5 Å². The van der Waals surface area contributed by atoms with Crippen LogP contribution in [-0.2, 0) is 4.79 Å². The molecule has 8 heteroatoms. The summed E-state index contributed by atoms with van der Waals surface area (Å²) in [4.78, 5) is 16.5. The molecule has 3 rings (SSSR count). The van der Waals surface area contributed by atoms with Gasteiger partial charge in [0.1, 0.15) is 10.5 Å². The van der Waals surface area contributed by atoms with Gasteiger partial charge in [-0.15, -0.1) is 24.4 Å². The minimum absolute atomic E-state index is 0.0779. The molecule has 0 aromatic heterocycles. The number of nitrogens with zero attached hydrogens (tertiary/aromatic N) is 2. The van der Waals surface area contributed by atoms with E-state index in [1.807, 2.05) is 42.5 Å². The molecule has 0 bridgehead atoms. The van der Waals surface area contributed by atoms with Crippen molar-refractivity contribution in [2.45, 2.75) is 4.71 Å². The van der Waals surface area contributed by atoms with Gasteiger partial charge in [0.15, 0.2) is 0 Å². The monoisotopic (exact) mass is 390 g/mol. The highest BCUT2D eigenvalue weighted by Crippen LogP contribution is 2.30. The van der Waals surface area contributed by atoms with Gasteiger partial charge in [0.25, 0.3) is 5.91 Å². The third-order valence-corrected chi connectivity index (χ3v) is 5.71. The van der Waals surface area contributed by atoms with Crippen LogP contribution in [-0.4, -0.2) is 41.7 Å². The molecule has 6 nitrogen and oxygen atoms in total. The predicted octanol–water partition coefficient (Wildman–Crippen LogP) is 2.82. The van der Waals surface area contributed by atoms with Crippen LogP contribution < -0.4 is 20.5 Å². The predicted molar refractivity (Wildman–Crippen MR) is 110 cm³/mol. The highest BCUT2D eigenvalue weighted by atomic mass is 32.2.